The molecule has 1 N–H and O–H groups in total. The average molecular weight is 200 g/mol. The summed E-state index contributed by atoms with van der Waals surface area (Å²) in [7, 11) is 0. The molecule has 0 atom stereocenters. The smallest absolute Gasteiger partial charge is 0.255 e. The first-order valence-corrected chi connectivity index (χ1v) is 4.74. The predicted octanol–water partition coefficient (Wildman–Crippen LogP) is 2.21. The van der Waals surface area contributed by atoms with Crippen LogP contribution >= 0.6 is 0 Å². The van der Waals surface area contributed by atoms with Crippen molar-refractivity contribution in [1.82, 2.24) is 5.32 Å². The normalized spacial score (nSPS) is 9.87. The Labute approximate surface area is 89.0 Å². The van der Waals surface area contributed by atoms with Gasteiger partial charge in [-0.3, -0.25) is 4.79 Å². The molecule has 0 saturated heterocycles. The lowest BCUT2D eigenvalue weighted by molar-refractivity contribution is 0.0970. The molecule has 0 fully saturated rings. The molecule has 0 spiro atoms. The van der Waals surface area contributed by atoms with E-state index in [0.29, 0.717) is 11.1 Å². The third-order valence-corrected chi connectivity index (χ3v) is 1.82. The second-order valence-corrected chi connectivity index (χ2v) is 2.98. The Balaban J connectivity index is 2.74. The van der Waals surface area contributed by atoms with E-state index in [1.807, 2.05) is 19.1 Å². The lowest BCUT2D eigenvalue weighted by Crippen LogP contribution is -2.16. The highest BCUT2D eigenvalue weighted by molar-refractivity contribution is 5.95. The van der Waals surface area contributed by atoms with Crippen LogP contribution in [0.4, 0.5) is 0 Å². The number of carbonyl (C=O) groups is 1. The number of amides is 1. The molecule has 3 heteroatoms. The maximum Gasteiger partial charge on any atom is 0.255 e. The lowest BCUT2D eigenvalue weighted by atomic mass is 10.1. The minimum atomic E-state index is -0.197. The van der Waals surface area contributed by atoms with Crippen molar-refractivity contribution in [2.45, 2.75) is 13.3 Å². The van der Waals surface area contributed by atoms with Gasteiger partial charge in [0.25, 0.3) is 5.91 Å². The molecule has 0 saturated carbocycles. The minimum absolute atomic E-state index is 0.197. The van der Waals surface area contributed by atoms with Crippen molar-refractivity contribution in [2.24, 2.45) is 0 Å². The Morgan fingerprint density at radius 1 is 1.60 bits per heavy atom. The van der Waals surface area contributed by atoms with E-state index in [-0.39, 0.29) is 5.91 Å². The summed E-state index contributed by atoms with van der Waals surface area (Å²) in [6, 6.07) is 8.59. The van der Waals surface area contributed by atoms with Crippen molar-refractivity contribution in [3.63, 3.8) is 0 Å². The minimum Gasteiger partial charge on any atom is -0.329 e. The van der Waals surface area contributed by atoms with Gasteiger partial charge in [0.1, 0.15) is 0 Å². The van der Waals surface area contributed by atoms with Crippen molar-refractivity contribution >= 4 is 5.91 Å². The van der Waals surface area contributed by atoms with Gasteiger partial charge in [0, 0.05) is 11.8 Å². The molecular formula is C12H12N2O. The first-order valence-electron chi connectivity index (χ1n) is 4.74. The summed E-state index contributed by atoms with van der Waals surface area (Å²) in [5.74, 6) is -0.197. The molecule has 1 amide bonds. The number of carbonyl (C=O) groups excluding carboxylic acids is 1. The van der Waals surface area contributed by atoms with Gasteiger partial charge in [-0.25, -0.2) is 0 Å². The van der Waals surface area contributed by atoms with E-state index in [9.17, 15) is 4.79 Å². The molecule has 1 aromatic rings. The van der Waals surface area contributed by atoms with Crippen LogP contribution in [0.2, 0.25) is 0 Å². The maximum absolute atomic E-state index is 11.5. The molecule has 0 radical (unpaired) electrons. The summed E-state index contributed by atoms with van der Waals surface area (Å²) < 4.78 is 0. The maximum atomic E-state index is 11.5. The van der Waals surface area contributed by atoms with E-state index >= 15 is 0 Å². The molecule has 15 heavy (non-hydrogen) atoms. The van der Waals surface area contributed by atoms with Crippen LogP contribution in [0.25, 0.3) is 0 Å². The molecule has 0 bridgehead atoms. The van der Waals surface area contributed by atoms with Gasteiger partial charge in [0.2, 0.25) is 0 Å². The Morgan fingerprint density at radius 3 is 3.07 bits per heavy atom. The fourth-order valence-electron chi connectivity index (χ4n) is 1.07. The first-order chi connectivity index (χ1) is 7.27. The van der Waals surface area contributed by atoms with Gasteiger partial charge in [0.05, 0.1) is 11.6 Å². The van der Waals surface area contributed by atoms with Gasteiger partial charge in [-0.05, 0) is 24.6 Å². The fraction of sp³-hybridized carbons (Fsp3) is 0.167. The van der Waals surface area contributed by atoms with E-state index in [2.05, 4.69) is 5.32 Å². The summed E-state index contributed by atoms with van der Waals surface area (Å²) in [6.45, 7) is 1.99. The molecule has 3 nitrogen and oxygen atoms in total. The second kappa shape index (κ2) is 5.61. The highest BCUT2D eigenvalue weighted by Crippen LogP contribution is 2.03. The van der Waals surface area contributed by atoms with Crippen molar-refractivity contribution in [3.05, 3.63) is 47.7 Å². The zero-order chi connectivity index (χ0) is 11.1. The Kier molecular flexibility index (Phi) is 4.11. The summed E-state index contributed by atoms with van der Waals surface area (Å²) >= 11 is 0. The van der Waals surface area contributed by atoms with E-state index in [4.69, 9.17) is 5.26 Å². The van der Waals surface area contributed by atoms with Gasteiger partial charge < -0.3 is 5.32 Å². The Bertz CT molecular complexity index is 416. The number of nitrogens with one attached hydrogen (secondary N) is 1. The molecular weight excluding hydrogens is 188 g/mol. The largest absolute Gasteiger partial charge is 0.329 e. The average Bonchev–Trinajstić information content (AvgIpc) is 2.29. The van der Waals surface area contributed by atoms with Gasteiger partial charge in [-0.15, -0.1) is 0 Å². The monoisotopic (exact) mass is 200 g/mol. The SMILES string of the molecule is CC/C=C/NC(=O)c1cccc(C#N)c1. The van der Waals surface area contributed by atoms with Crippen LogP contribution in [-0.4, -0.2) is 5.91 Å². The number of rotatable bonds is 3. The predicted molar refractivity (Wildman–Crippen MR) is 58.1 cm³/mol. The number of benzene rings is 1. The summed E-state index contributed by atoms with van der Waals surface area (Å²) in [5.41, 5.74) is 0.983. The number of nitrogens with zero attached hydrogens (tertiary/aromatic N) is 1. The van der Waals surface area contributed by atoms with Crippen LogP contribution in [0.3, 0.4) is 0 Å². The van der Waals surface area contributed by atoms with E-state index in [1.165, 1.54) is 0 Å². The topological polar surface area (TPSA) is 52.9 Å². The third-order valence-electron chi connectivity index (χ3n) is 1.82. The summed E-state index contributed by atoms with van der Waals surface area (Å²) in [6.07, 6.45) is 4.34. The van der Waals surface area contributed by atoms with Crippen molar-refractivity contribution in [3.8, 4) is 6.07 Å². The Morgan fingerprint density at radius 2 is 2.40 bits per heavy atom. The lowest BCUT2D eigenvalue weighted by Gasteiger charge is -1.99. The fourth-order valence-corrected chi connectivity index (χ4v) is 1.07. The molecule has 0 aliphatic rings. The van der Waals surface area contributed by atoms with Crippen LogP contribution in [0, 0.1) is 11.3 Å². The second-order valence-electron chi connectivity index (χ2n) is 2.98. The highest BCUT2D eigenvalue weighted by atomic mass is 16.1. The summed E-state index contributed by atoms with van der Waals surface area (Å²) in [5, 5.41) is 11.3. The number of hydrogen-bond acceptors (Lipinski definition) is 2. The standard InChI is InChI=1S/C12H12N2O/c1-2-3-7-14-12(15)11-6-4-5-10(8-11)9-13/h3-8H,2H2,1H3,(H,14,15)/b7-3+. The van der Waals surface area contributed by atoms with Gasteiger partial charge in [-0.1, -0.05) is 19.1 Å². The zero-order valence-electron chi connectivity index (χ0n) is 8.53. The molecule has 1 aromatic carbocycles. The quantitative estimate of drug-likeness (QED) is 0.813. The van der Waals surface area contributed by atoms with E-state index < -0.39 is 0 Å². The number of allylic oxidation sites excluding steroid dienone is 1. The molecule has 0 unspecified atom stereocenters. The molecule has 0 aliphatic heterocycles. The molecule has 0 heterocycles. The van der Waals surface area contributed by atoms with Crippen LogP contribution in [0.1, 0.15) is 29.3 Å². The molecule has 0 aromatic heterocycles. The van der Waals surface area contributed by atoms with Gasteiger partial charge in [0.15, 0.2) is 0 Å². The van der Waals surface area contributed by atoms with E-state index in [1.54, 1.807) is 30.5 Å². The van der Waals surface area contributed by atoms with Gasteiger partial charge >= 0.3 is 0 Å². The number of hydrogen-bond donors (Lipinski definition) is 1. The van der Waals surface area contributed by atoms with Crippen LogP contribution < -0.4 is 5.32 Å². The highest BCUT2D eigenvalue weighted by Gasteiger charge is 2.03. The number of nitriles is 1. The van der Waals surface area contributed by atoms with Crippen molar-refractivity contribution < 1.29 is 4.79 Å². The Hall–Kier alpha value is -2.08. The zero-order valence-corrected chi connectivity index (χ0v) is 8.53. The first kappa shape index (κ1) is 11.0. The van der Waals surface area contributed by atoms with E-state index in [0.717, 1.165) is 6.42 Å². The van der Waals surface area contributed by atoms with Crippen LogP contribution in [0.15, 0.2) is 36.5 Å². The van der Waals surface area contributed by atoms with Crippen LogP contribution in [0.5, 0.6) is 0 Å². The molecule has 0 aliphatic carbocycles. The van der Waals surface area contributed by atoms with Crippen molar-refractivity contribution in [1.29, 1.82) is 5.26 Å². The van der Waals surface area contributed by atoms with Crippen molar-refractivity contribution in [2.75, 3.05) is 0 Å². The molecule has 76 valence electrons. The molecule has 1 rings (SSSR count). The van der Waals surface area contributed by atoms with Crippen LogP contribution in [-0.2, 0) is 0 Å². The third kappa shape index (κ3) is 3.28. The summed E-state index contributed by atoms with van der Waals surface area (Å²) in [4.78, 5) is 11.5. The van der Waals surface area contributed by atoms with Gasteiger partial charge in [-0.2, -0.15) is 5.26 Å².